The molecular formula is C17H33N. The second kappa shape index (κ2) is 4.51. The van der Waals surface area contributed by atoms with Gasteiger partial charge in [-0.3, -0.25) is 4.90 Å². The van der Waals surface area contributed by atoms with Crippen LogP contribution in [0.15, 0.2) is 0 Å². The smallest absolute Gasteiger partial charge is 0.0125 e. The average molecular weight is 251 g/mol. The lowest BCUT2D eigenvalue weighted by molar-refractivity contribution is 0.0400. The van der Waals surface area contributed by atoms with E-state index >= 15 is 0 Å². The van der Waals surface area contributed by atoms with Crippen LogP contribution in [-0.4, -0.2) is 23.5 Å². The van der Waals surface area contributed by atoms with Crippen molar-refractivity contribution in [3.05, 3.63) is 0 Å². The predicted molar refractivity (Wildman–Crippen MR) is 79.8 cm³/mol. The van der Waals surface area contributed by atoms with Crippen molar-refractivity contribution in [1.82, 2.24) is 4.90 Å². The number of likely N-dealkylation sites (tertiary alicyclic amines) is 1. The van der Waals surface area contributed by atoms with Gasteiger partial charge < -0.3 is 0 Å². The molecule has 2 fully saturated rings. The van der Waals surface area contributed by atoms with Gasteiger partial charge in [-0.15, -0.1) is 0 Å². The fraction of sp³-hybridized carbons (Fsp3) is 1.00. The fourth-order valence-electron chi connectivity index (χ4n) is 4.05. The van der Waals surface area contributed by atoms with E-state index in [2.05, 4.69) is 46.4 Å². The summed E-state index contributed by atoms with van der Waals surface area (Å²) in [7, 11) is 0. The zero-order valence-corrected chi connectivity index (χ0v) is 13.5. The van der Waals surface area contributed by atoms with Gasteiger partial charge in [0.1, 0.15) is 0 Å². The maximum absolute atomic E-state index is 2.68. The highest BCUT2D eigenvalue weighted by Gasteiger charge is 2.45. The zero-order chi connectivity index (χ0) is 13.6. The minimum atomic E-state index is 0.365. The summed E-state index contributed by atoms with van der Waals surface area (Å²) < 4.78 is 0. The van der Waals surface area contributed by atoms with Crippen LogP contribution in [0.2, 0.25) is 0 Å². The van der Waals surface area contributed by atoms with Gasteiger partial charge in [0.05, 0.1) is 0 Å². The van der Waals surface area contributed by atoms with Crippen LogP contribution >= 0.6 is 0 Å². The summed E-state index contributed by atoms with van der Waals surface area (Å²) in [6.07, 6.45) is 7.34. The van der Waals surface area contributed by atoms with Crippen molar-refractivity contribution in [2.45, 2.75) is 79.2 Å². The monoisotopic (exact) mass is 251 g/mol. The van der Waals surface area contributed by atoms with E-state index in [1.165, 1.54) is 45.2 Å². The van der Waals surface area contributed by atoms with Gasteiger partial charge in [-0.1, -0.05) is 20.8 Å². The lowest BCUT2D eigenvalue weighted by atomic mass is 9.72. The maximum Gasteiger partial charge on any atom is 0.0125 e. The molecule has 0 aromatic heterocycles. The Hall–Kier alpha value is -0.0400. The van der Waals surface area contributed by atoms with Crippen LogP contribution in [0.25, 0.3) is 0 Å². The van der Waals surface area contributed by atoms with Gasteiger partial charge in [0.25, 0.3) is 0 Å². The Labute approximate surface area is 114 Å². The summed E-state index contributed by atoms with van der Waals surface area (Å²) >= 11 is 0. The molecule has 1 saturated carbocycles. The number of piperidine rings is 1. The molecule has 0 amide bonds. The molecule has 1 aliphatic carbocycles. The molecule has 2 aliphatic rings. The van der Waals surface area contributed by atoms with Gasteiger partial charge in [-0.2, -0.15) is 0 Å². The first-order chi connectivity index (χ1) is 8.12. The minimum Gasteiger partial charge on any atom is -0.298 e. The standard InChI is InChI=1S/C17H33N/c1-15(2,3)14-7-8-17(13-14)9-11-18(12-10-17)16(4,5)6/h14H,7-13H2,1-6H3. The minimum absolute atomic E-state index is 0.365. The van der Waals surface area contributed by atoms with Gasteiger partial charge in [-0.25, -0.2) is 0 Å². The van der Waals surface area contributed by atoms with E-state index in [9.17, 15) is 0 Å². The normalized spacial score (nSPS) is 30.0. The lowest BCUT2D eigenvalue weighted by Crippen LogP contribution is -2.48. The molecular weight excluding hydrogens is 218 g/mol. The summed E-state index contributed by atoms with van der Waals surface area (Å²) in [4.78, 5) is 2.68. The first-order valence-electron chi connectivity index (χ1n) is 7.88. The Morgan fingerprint density at radius 3 is 1.83 bits per heavy atom. The Morgan fingerprint density at radius 2 is 1.44 bits per heavy atom. The van der Waals surface area contributed by atoms with E-state index < -0.39 is 0 Å². The third-order valence-corrected chi connectivity index (χ3v) is 5.70. The molecule has 0 aromatic carbocycles. The third-order valence-electron chi connectivity index (χ3n) is 5.70. The van der Waals surface area contributed by atoms with E-state index in [1.54, 1.807) is 0 Å². The summed E-state index contributed by atoms with van der Waals surface area (Å²) in [6.45, 7) is 17.0. The Bertz CT molecular complexity index is 284. The van der Waals surface area contributed by atoms with Crippen molar-refractivity contribution in [3.8, 4) is 0 Å². The molecule has 1 unspecified atom stereocenters. The van der Waals surface area contributed by atoms with Crippen LogP contribution in [0.5, 0.6) is 0 Å². The van der Waals surface area contributed by atoms with Gasteiger partial charge in [0.15, 0.2) is 0 Å². The molecule has 0 bridgehead atoms. The molecule has 2 rings (SSSR count). The van der Waals surface area contributed by atoms with Crippen molar-refractivity contribution in [2.24, 2.45) is 16.7 Å². The van der Waals surface area contributed by atoms with Crippen molar-refractivity contribution in [3.63, 3.8) is 0 Å². The Kier molecular flexibility index (Phi) is 3.60. The molecule has 18 heavy (non-hydrogen) atoms. The van der Waals surface area contributed by atoms with Gasteiger partial charge in [0, 0.05) is 5.54 Å². The molecule has 0 aromatic rings. The number of hydrogen-bond acceptors (Lipinski definition) is 1. The van der Waals surface area contributed by atoms with Crippen molar-refractivity contribution in [1.29, 1.82) is 0 Å². The van der Waals surface area contributed by atoms with E-state index in [1.807, 2.05) is 0 Å². The molecule has 1 spiro atoms. The zero-order valence-electron chi connectivity index (χ0n) is 13.5. The van der Waals surface area contributed by atoms with Gasteiger partial charge >= 0.3 is 0 Å². The van der Waals surface area contributed by atoms with Crippen LogP contribution in [0.1, 0.15) is 73.6 Å². The van der Waals surface area contributed by atoms with Crippen LogP contribution < -0.4 is 0 Å². The van der Waals surface area contributed by atoms with Crippen molar-refractivity contribution < 1.29 is 0 Å². The Balaban J connectivity index is 1.94. The highest BCUT2D eigenvalue weighted by molar-refractivity contribution is 4.97. The van der Waals surface area contributed by atoms with Crippen LogP contribution in [-0.2, 0) is 0 Å². The van der Waals surface area contributed by atoms with E-state index in [0.717, 1.165) is 5.92 Å². The summed E-state index contributed by atoms with van der Waals surface area (Å²) in [5.41, 5.74) is 1.59. The molecule has 1 heteroatoms. The first-order valence-corrected chi connectivity index (χ1v) is 7.88. The average Bonchev–Trinajstić information content (AvgIpc) is 2.61. The predicted octanol–water partition coefficient (Wildman–Crippen LogP) is 4.71. The first kappa shape index (κ1) is 14.4. The van der Waals surface area contributed by atoms with E-state index in [4.69, 9.17) is 0 Å². The molecule has 1 nitrogen and oxygen atoms in total. The SMILES string of the molecule is CC(C)(C)C1CCC2(CCN(C(C)(C)C)CC2)C1. The van der Waals surface area contributed by atoms with Gasteiger partial charge in [0.2, 0.25) is 0 Å². The van der Waals surface area contributed by atoms with Gasteiger partial charge in [-0.05, 0) is 82.7 Å². The molecule has 106 valence electrons. The highest BCUT2D eigenvalue weighted by atomic mass is 15.2. The number of nitrogens with zero attached hydrogens (tertiary/aromatic N) is 1. The van der Waals surface area contributed by atoms with Crippen molar-refractivity contribution >= 4 is 0 Å². The lowest BCUT2D eigenvalue weighted by Gasteiger charge is -2.45. The van der Waals surface area contributed by atoms with Crippen LogP contribution in [0.4, 0.5) is 0 Å². The van der Waals surface area contributed by atoms with Crippen LogP contribution in [0, 0.1) is 16.7 Å². The molecule has 1 heterocycles. The fourth-order valence-corrected chi connectivity index (χ4v) is 4.05. The Morgan fingerprint density at radius 1 is 0.889 bits per heavy atom. The van der Waals surface area contributed by atoms with Crippen molar-refractivity contribution in [2.75, 3.05) is 13.1 Å². The summed E-state index contributed by atoms with van der Waals surface area (Å²) in [6, 6.07) is 0. The van der Waals surface area contributed by atoms with E-state index in [-0.39, 0.29) is 0 Å². The second-order valence-corrected chi connectivity index (χ2v) is 8.96. The van der Waals surface area contributed by atoms with E-state index in [0.29, 0.717) is 16.4 Å². The molecule has 1 saturated heterocycles. The molecule has 1 atom stereocenters. The molecule has 1 aliphatic heterocycles. The topological polar surface area (TPSA) is 3.24 Å². The molecule has 0 N–H and O–H groups in total. The molecule has 0 radical (unpaired) electrons. The largest absolute Gasteiger partial charge is 0.298 e. The van der Waals surface area contributed by atoms with Crippen LogP contribution in [0.3, 0.4) is 0 Å². The quantitative estimate of drug-likeness (QED) is 0.602. The summed E-state index contributed by atoms with van der Waals surface area (Å²) in [5.74, 6) is 0.957. The highest BCUT2D eigenvalue weighted by Crippen LogP contribution is 2.53. The third kappa shape index (κ3) is 2.92. The number of hydrogen-bond donors (Lipinski definition) is 0. The number of rotatable bonds is 0. The maximum atomic E-state index is 2.68. The second-order valence-electron chi connectivity index (χ2n) is 8.96. The summed E-state index contributed by atoms with van der Waals surface area (Å²) in [5, 5.41) is 0.